The second kappa shape index (κ2) is 5.94. The molecule has 1 atom stereocenters. The average molecular weight is 289 g/mol. The Hall–Kier alpha value is -2.05. The van der Waals surface area contributed by atoms with Gasteiger partial charge in [-0.25, -0.2) is 8.42 Å². The lowest BCUT2D eigenvalue weighted by molar-refractivity contribution is 0.518. The molecule has 102 valence electrons. The fraction of sp³-hybridized carbons (Fsp3) is 0.143. The first-order chi connectivity index (χ1) is 9.56. The van der Waals surface area contributed by atoms with E-state index in [4.69, 9.17) is 0 Å². The summed E-state index contributed by atoms with van der Waals surface area (Å²) in [6.45, 7) is 0. The molecule has 1 N–H and O–H groups in total. The molecular formula is C14H11NO4S. The van der Waals surface area contributed by atoms with Gasteiger partial charge in [-0.3, -0.25) is 9.59 Å². The fourth-order valence-electron chi connectivity index (χ4n) is 1.78. The molecule has 2 rings (SSSR count). The number of carbonyl (C=O) groups excluding carboxylic acids is 2. The highest BCUT2D eigenvalue weighted by Gasteiger charge is 2.20. The Morgan fingerprint density at radius 2 is 1.75 bits per heavy atom. The molecule has 0 unspecified atom stereocenters. The van der Waals surface area contributed by atoms with Gasteiger partial charge in [0.2, 0.25) is 22.6 Å². The van der Waals surface area contributed by atoms with Gasteiger partial charge in [-0.1, -0.05) is 30.3 Å². The van der Waals surface area contributed by atoms with Crippen molar-refractivity contribution in [3.8, 4) is 0 Å². The maximum absolute atomic E-state index is 12.1. The summed E-state index contributed by atoms with van der Waals surface area (Å²) in [6.07, 6.45) is 2.58. The van der Waals surface area contributed by atoms with Crippen LogP contribution in [0.5, 0.6) is 0 Å². The van der Waals surface area contributed by atoms with Crippen molar-refractivity contribution >= 4 is 33.4 Å². The van der Waals surface area contributed by atoms with Crippen LogP contribution >= 0.6 is 0 Å². The Balaban J connectivity index is 2.35. The lowest BCUT2D eigenvalue weighted by atomic mass is 10.1. The van der Waals surface area contributed by atoms with Gasteiger partial charge >= 0.3 is 0 Å². The van der Waals surface area contributed by atoms with E-state index in [9.17, 15) is 18.0 Å². The van der Waals surface area contributed by atoms with Crippen molar-refractivity contribution in [2.24, 2.45) is 0 Å². The highest BCUT2D eigenvalue weighted by atomic mass is 32.2. The average Bonchev–Trinajstić information content (AvgIpc) is 2.46. The van der Waals surface area contributed by atoms with Crippen LogP contribution in [0.1, 0.15) is 6.42 Å². The number of benzene rings is 2. The normalized spacial score (nSPS) is 13.0. The minimum absolute atomic E-state index is 0.0300. The number of hydrogen-bond donors (Lipinski definition) is 1. The van der Waals surface area contributed by atoms with Crippen LogP contribution in [0.3, 0.4) is 0 Å². The Morgan fingerprint density at radius 1 is 1.05 bits per heavy atom. The van der Waals surface area contributed by atoms with E-state index >= 15 is 0 Å². The van der Waals surface area contributed by atoms with Crippen molar-refractivity contribution in [1.82, 2.24) is 4.72 Å². The molecule has 6 heteroatoms. The lowest BCUT2D eigenvalue weighted by Crippen LogP contribution is -2.36. The first-order valence-electron chi connectivity index (χ1n) is 5.80. The summed E-state index contributed by atoms with van der Waals surface area (Å²) in [5.74, 6) is 0. The van der Waals surface area contributed by atoms with Crippen LogP contribution < -0.4 is 4.72 Å². The van der Waals surface area contributed by atoms with Crippen molar-refractivity contribution in [1.29, 1.82) is 0 Å². The zero-order valence-electron chi connectivity index (χ0n) is 10.4. The van der Waals surface area contributed by atoms with Crippen molar-refractivity contribution in [2.75, 3.05) is 0 Å². The van der Waals surface area contributed by atoms with Gasteiger partial charge < -0.3 is 0 Å². The summed E-state index contributed by atoms with van der Waals surface area (Å²) in [6, 6.07) is 10.7. The smallest absolute Gasteiger partial charge is 0.241 e. The van der Waals surface area contributed by atoms with Crippen LogP contribution in [-0.4, -0.2) is 27.0 Å². The molecule has 2 aromatic rings. The monoisotopic (exact) mass is 289 g/mol. The Labute approximate surface area is 116 Å². The summed E-state index contributed by atoms with van der Waals surface area (Å²) < 4.78 is 26.3. The van der Waals surface area contributed by atoms with Crippen molar-refractivity contribution in [3.05, 3.63) is 42.5 Å². The summed E-state index contributed by atoms with van der Waals surface area (Å²) in [7, 11) is -3.88. The maximum Gasteiger partial charge on any atom is 0.241 e. The molecule has 20 heavy (non-hydrogen) atoms. The predicted molar refractivity (Wildman–Crippen MR) is 74.1 cm³/mol. The van der Waals surface area contributed by atoms with Crippen LogP contribution in [0.15, 0.2) is 47.4 Å². The van der Waals surface area contributed by atoms with Crippen LogP contribution in [0.25, 0.3) is 10.8 Å². The molecule has 0 aromatic heterocycles. The summed E-state index contributed by atoms with van der Waals surface area (Å²) >= 11 is 0. The van der Waals surface area contributed by atoms with Gasteiger partial charge in [0.25, 0.3) is 0 Å². The van der Waals surface area contributed by atoms with Crippen molar-refractivity contribution in [3.63, 3.8) is 0 Å². The standard InChI is InChI=1S/C14H11NO4S/c16-8-7-13(10-17)15-20(18,19)14-6-5-11-3-1-2-4-12(11)9-14/h1-6,9,13,15H,7H2/t13-/m0/s1. The minimum Gasteiger partial charge on any atom is -0.291 e. The van der Waals surface area contributed by atoms with Crippen LogP contribution in [0, 0.1) is 0 Å². The lowest BCUT2D eigenvalue weighted by Gasteiger charge is -2.10. The van der Waals surface area contributed by atoms with Crippen LogP contribution in [-0.2, 0) is 19.6 Å². The topological polar surface area (TPSA) is 80.3 Å². The Morgan fingerprint density at radius 3 is 2.40 bits per heavy atom. The summed E-state index contributed by atoms with van der Waals surface area (Å²) in [5, 5.41) is 1.68. The number of nitrogens with one attached hydrogen (secondary N) is 1. The number of fused-ring (bicyclic) bond motifs is 1. The van der Waals surface area contributed by atoms with Crippen LogP contribution in [0.4, 0.5) is 0 Å². The van der Waals surface area contributed by atoms with E-state index in [2.05, 4.69) is 4.72 Å². The van der Waals surface area contributed by atoms with Gasteiger partial charge in [-0.15, -0.1) is 0 Å². The van der Waals surface area contributed by atoms with E-state index in [1.165, 1.54) is 24.7 Å². The molecular weight excluding hydrogens is 278 g/mol. The van der Waals surface area contributed by atoms with Gasteiger partial charge in [0.15, 0.2) is 0 Å². The third-order valence-corrected chi connectivity index (χ3v) is 4.23. The van der Waals surface area contributed by atoms with Gasteiger partial charge in [0, 0.05) is 6.42 Å². The van der Waals surface area contributed by atoms with Crippen molar-refractivity contribution in [2.45, 2.75) is 17.4 Å². The molecule has 0 fully saturated rings. The zero-order chi connectivity index (χ0) is 14.6. The first-order valence-corrected chi connectivity index (χ1v) is 7.29. The molecule has 0 bridgehead atoms. The molecule has 0 saturated heterocycles. The molecule has 2 aromatic carbocycles. The SMILES string of the molecule is O=[C]C[C@@H]([C]=O)NS(=O)(=O)c1ccc2ccccc2c1. The van der Waals surface area contributed by atoms with E-state index in [1.807, 2.05) is 12.1 Å². The number of sulfonamides is 1. The summed E-state index contributed by atoms with van der Waals surface area (Å²) in [5.41, 5.74) is 0. The third-order valence-electron chi connectivity index (χ3n) is 2.76. The highest BCUT2D eigenvalue weighted by Crippen LogP contribution is 2.19. The molecule has 0 spiro atoms. The quantitative estimate of drug-likeness (QED) is 0.863. The zero-order valence-corrected chi connectivity index (χ0v) is 11.2. The molecule has 0 aliphatic heterocycles. The molecule has 0 aliphatic carbocycles. The van der Waals surface area contributed by atoms with Crippen LogP contribution in [0.2, 0.25) is 0 Å². The van der Waals surface area contributed by atoms with Crippen molar-refractivity contribution < 1.29 is 18.0 Å². The van der Waals surface area contributed by atoms with Gasteiger partial charge in [-0.2, -0.15) is 4.72 Å². The minimum atomic E-state index is -3.88. The molecule has 0 amide bonds. The predicted octanol–water partition coefficient (Wildman–Crippen LogP) is 1.10. The fourth-order valence-corrected chi connectivity index (χ4v) is 2.95. The van der Waals surface area contributed by atoms with E-state index < -0.39 is 16.1 Å². The number of rotatable bonds is 6. The number of hydrogen-bond acceptors (Lipinski definition) is 4. The largest absolute Gasteiger partial charge is 0.291 e. The van der Waals surface area contributed by atoms with Gasteiger partial charge in [0.05, 0.1) is 10.9 Å². The molecule has 0 aliphatic rings. The van der Waals surface area contributed by atoms with E-state index in [1.54, 1.807) is 18.2 Å². The Kier molecular flexibility index (Phi) is 4.26. The second-order valence-corrected chi connectivity index (χ2v) is 5.86. The maximum atomic E-state index is 12.1. The van der Waals surface area contributed by atoms with E-state index in [0.29, 0.717) is 0 Å². The summed E-state index contributed by atoms with van der Waals surface area (Å²) in [4.78, 5) is 20.8. The molecule has 0 saturated carbocycles. The van der Waals surface area contributed by atoms with E-state index in [0.717, 1.165) is 10.8 Å². The van der Waals surface area contributed by atoms with Gasteiger partial charge in [-0.05, 0) is 22.9 Å². The second-order valence-electron chi connectivity index (χ2n) is 4.15. The van der Waals surface area contributed by atoms with Gasteiger partial charge in [0.1, 0.15) is 0 Å². The third kappa shape index (κ3) is 3.09. The Bertz CT molecular complexity index is 740. The molecule has 5 nitrogen and oxygen atoms in total. The molecule has 0 heterocycles. The van der Waals surface area contributed by atoms with E-state index in [-0.39, 0.29) is 11.3 Å². The molecule has 2 radical (unpaired) electrons. The highest BCUT2D eigenvalue weighted by molar-refractivity contribution is 7.89. The first kappa shape index (κ1) is 14.4.